The van der Waals surface area contributed by atoms with Gasteiger partial charge in [-0.15, -0.1) is 4.80 Å². The fraction of sp³-hybridized carbons (Fsp3) is 0.483. The zero-order valence-electron chi connectivity index (χ0n) is 23.9. The average Bonchev–Trinajstić information content (AvgIpc) is 3.69. The Morgan fingerprint density at radius 2 is 1.83 bits per heavy atom. The monoisotopic (exact) mass is 595 g/mol. The quantitative estimate of drug-likeness (QED) is 0.308. The molecule has 0 saturated carbocycles. The molecule has 12 nitrogen and oxygen atoms in total. The second-order valence-electron chi connectivity index (χ2n) is 11.3. The summed E-state index contributed by atoms with van der Waals surface area (Å²) in [4.78, 5) is 42.2. The van der Waals surface area contributed by atoms with Gasteiger partial charge in [0.1, 0.15) is 27.2 Å². The number of hydrogen-bond acceptors (Lipinski definition) is 9. The van der Waals surface area contributed by atoms with Crippen molar-refractivity contribution in [2.45, 2.75) is 83.0 Å². The van der Waals surface area contributed by atoms with E-state index in [4.69, 9.17) is 14.2 Å². The standard InChI is InChI=1S/C29H33N5O7S/c1-16-23-24(35)33(29(2,3)27(36)37)28(38)32(26(23)42-25(16)34-30-11-12-31-34)15-22(20-7-5-6-8-21(20)39-4)41-19-13-17-9-10-18(14-19)40-17/h5-8,11-12,17-19,22H,9-10,13-15H2,1-4H3,(H,36,37)/t17-,18-,22+/m1/s1. The number of methoxy groups -OCH3 is 1. The van der Waals surface area contributed by atoms with Crippen LogP contribution in [0.4, 0.5) is 0 Å². The van der Waals surface area contributed by atoms with Crippen molar-refractivity contribution in [3.05, 3.63) is 68.6 Å². The molecule has 1 aromatic carbocycles. The first-order valence-corrected chi connectivity index (χ1v) is 14.7. The summed E-state index contributed by atoms with van der Waals surface area (Å²) in [5.74, 6) is -0.700. The molecule has 2 bridgehead atoms. The van der Waals surface area contributed by atoms with Gasteiger partial charge in [-0.3, -0.25) is 9.36 Å². The van der Waals surface area contributed by atoms with Gasteiger partial charge in [0.2, 0.25) is 0 Å². The highest BCUT2D eigenvalue weighted by Crippen LogP contribution is 2.39. The van der Waals surface area contributed by atoms with E-state index in [-0.39, 0.29) is 30.2 Å². The SMILES string of the molecule is COc1ccccc1[C@H](Cn1c(=O)n(C(C)(C)C(=O)O)c(=O)c2c(C)c(-n3nccn3)sc21)OC1C[C@H]2CC[C@H](C1)O2. The molecule has 0 spiro atoms. The van der Waals surface area contributed by atoms with Crippen molar-refractivity contribution in [1.29, 1.82) is 0 Å². The molecule has 2 aliphatic rings. The smallest absolute Gasteiger partial charge is 0.333 e. The van der Waals surface area contributed by atoms with Crippen LogP contribution in [-0.4, -0.2) is 60.6 Å². The van der Waals surface area contributed by atoms with Crippen molar-refractivity contribution < 1.29 is 24.1 Å². The first kappa shape index (κ1) is 28.3. The average molecular weight is 596 g/mol. The Morgan fingerprint density at radius 3 is 2.48 bits per heavy atom. The number of rotatable bonds is 9. The molecule has 222 valence electrons. The van der Waals surface area contributed by atoms with Crippen LogP contribution >= 0.6 is 11.3 Å². The highest BCUT2D eigenvalue weighted by molar-refractivity contribution is 7.21. The Balaban J connectivity index is 1.55. The Hall–Kier alpha value is -3.81. The van der Waals surface area contributed by atoms with Gasteiger partial charge in [0.05, 0.1) is 49.7 Å². The van der Waals surface area contributed by atoms with Crippen LogP contribution in [0.5, 0.6) is 5.75 Å². The fourth-order valence-electron chi connectivity index (χ4n) is 6.06. The molecule has 6 rings (SSSR count). The number of nitrogens with zero attached hydrogens (tertiary/aromatic N) is 5. The number of ether oxygens (including phenoxy) is 3. The van der Waals surface area contributed by atoms with E-state index < -0.39 is 28.9 Å². The summed E-state index contributed by atoms with van der Waals surface area (Å²) in [5, 5.41) is 19.3. The van der Waals surface area contributed by atoms with E-state index in [1.165, 1.54) is 46.9 Å². The van der Waals surface area contributed by atoms with E-state index >= 15 is 0 Å². The summed E-state index contributed by atoms with van der Waals surface area (Å²) in [6, 6.07) is 7.48. The molecule has 0 aliphatic carbocycles. The van der Waals surface area contributed by atoms with Crippen LogP contribution in [0.2, 0.25) is 0 Å². The number of aromatic nitrogens is 5. The van der Waals surface area contributed by atoms with Gasteiger partial charge in [-0.25, -0.2) is 14.2 Å². The van der Waals surface area contributed by atoms with Crippen molar-refractivity contribution in [2.75, 3.05) is 7.11 Å². The predicted molar refractivity (Wildman–Crippen MR) is 155 cm³/mol. The minimum atomic E-state index is -1.82. The van der Waals surface area contributed by atoms with E-state index in [9.17, 15) is 19.5 Å². The lowest BCUT2D eigenvalue weighted by atomic mass is 10.0. The molecule has 3 aromatic heterocycles. The molecule has 0 radical (unpaired) electrons. The molecule has 2 aliphatic heterocycles. The molecule has 0 unspecified atom stereocenters. The van der Waals surface area contributed by atoms with Gasteiger partial charge in [-0.05, 0) is 52.5 Å². The maximum absolute atomic E-state index is 14.2. The van der Waals surface area contributed by atoms with Crippen molar-refractivity contribution in [1.82, 2.24) is 24.1 Å². The predicted octanol–water partition coefficient (Wildman–Crippen LogP) is 3.41. The number of para-hydroxylation sites is 1. The number of aryl methyl sites for hydroxylation is 1. The van der Waals surface area contributed by atoms with Gasteiger partial charge in [-0.2, -0.15) is 10.2 Å². The third-order valence-corrected chi connectivity index (χ3v) is 9.59. The number of thiophene rings is 1. The summed E-state index contributed by atoms with van der Waals surface area (Å²) >= 11 is 1.20. The highest BCUT2D eigenvalue weighted by Gasteiger charge is 2.39. The number of fused-ring (bicyclic) bond motifs is 3. The molecule has 1 N–H and O–H groups in total. The van der Waals surface area contributed by atoms with Crippen LogP contribution in [0.25, 0.3) is 15.2 Å². The lowest BCUT2D eigenvalue weighted by molar-refractivity contribution is -0.146. The molecular weight excluding hydrogens is 562 g/mol. The summed E-state index contributed by atoms with van der Waals surface area (Å²) in [6.07, 6.45) is 6.06. The molecule has 0 amide bonds. The van der Waals surface area contributed by atoms with Crippen molar-refractivity contribution in [2.24, 2.45) is 0 Å². The zero-order chi connectivity index (χ0) is 29.8. The first-order valence-electron chi connectivity index (χ1n) is 13.9. The van der Waals surface area contributed by atoms with Gasteiger partial charge in [0.25, 0.3) is 5.56 Å². The third kappa shape index (κ3) is 4.74. The lowest BCUT2D eigenvalue weighted by Crippen LogP contribution is -2.52. The van der Waals surface area contributed by atoms with Crippen LogP contribution in [-0.2, 0) is 26.4 Å². The minimum absolute atomic E-state index is 0.0182. The Kier molecular flexibility index (Phi) is 7.27. The molecule has 2 saturated heterocycles. The summed E-state index contributed by atoms with van der Waals surface area (Å²) in [7, 11) is 1.58. The Morgan fingerprint density at radius 1 is 1.17 bits per heavy atom. The van der Waals surface area contributed by atoms with Gasteiger partial charge in [0, 0.05) is 11.1 Å². The number of aliphatic carboxylic acids is 1. The van der Waals surface area contributed by atoms with Gasteiger partial charge < -0.3 is 19.3 Å². The van der Waals surface area contributed by atoms with E-state index in [2.05, 4.69) is 10.2 Å². The van der Waals surface area contributed by atoms with Crippen molar-refractivity contribution in [3.63, 3.8) is 0 Å². The summed E-state index contributed by atoms with van der Waals surface area (Å²) < 4.78 is 20.8. The zero-order valence-corrected chi connectivity index (χ0v) is 24.7. The number of carbonyl (C=O) groups is 1. The van der Waals surface area contributed by atoms with Crippen LogP contribution in [0.15, 0.2) is 46.2 Å². The van der Waals surface area contributed by atoms with Gasteiger partial charge in [0.15, 0.2) is 0 Å². The molecule has 13 heteroatoms. The highest BCUT2D eigenvalue weighted by atomic mass is 32.1. The number of benzene rings is 1. The molecule has 2 fully saturated rings. The van der Waals surface area contributed by atoms with Crippen molar-refractivity contribution in [3.8, 4) is 10.8 Å². The van der Waals surface area contributed by atoms with E-state index in [0.29, 0.717) is 21.1 Å². The maximum Gasteiger partial charge on any atom is 0.333 e. The fourth-order valence-corrected chi connectivity index (χ4v) is 7.28. The first-order chi connectivity index (χ1) is 20.1. The summed E-state index contributed by atoms with van der Waals surface area (Å²) in [5.41, 5.74) is -1.94. The normalized spacial score (nSPS) is 21.1. The molecule has 42 heavy (non-hydrogen) atoms. The summed E-state index contributed by atoms with van der Waals surface area (Å²) in [6.45, 7) is 4.46. The second kappa shape index (κ2) is 10.8. The second-order valence-corrected chi connectivity index (χ2v) is 12.3. The van der Waals surface area contributed by atoms with Crippen LogP contribution in [0, 0.1) is 6.92 Å². The van der Waals surface area contributed by atoms with E-state index in [0.717, 1.165) is 35.8 Å². The third-order valence-electron chi connectivity index (χ3n) is 8.31. The van der Waals surface area contributed by atoms with Gasteiger partial charge >= 0.3 is 11.7 Å². The van der Waals surface area contributed by atoms with Crippen LogP contribution in [0.1, 0.15) is 56.8 Å². The Bertz CT molecular complexity index is 1740. The maximum atomic E-state index is 14.2. The number of carboxylic acid groups (broad SMARTS) is 1. The van der Waals surface area contributed by atoms with E-state index in [1.807, 2.05) is 24.3 Å². The number of carboxylic acids is 1. The molecule has 3 atom stereocenters. The molecular formula is C29H33N5O7S. The van der Waals surface area contributed by atoms with Crippen LogP contribution in [0.3, 0.4) is 0 Å². The lowest BCUT2D eigenvalue weighted by Gasteiger charge is -2.32. The molecule has 4 aromatic rings. The van der Waals surface area contributed by atoms with Crippen molar-refractivity contribution >= 4 is 27.5 Å². The minimum Gasteiger partial charge on any atom is -0.496 e. The van der Waals surface area contributed by atoms with Gasteiger partial charge in [-0.1, -0.05) is 29.5 Å². The van der Waals surface area contributed by atoms with E-state index in [1.54, 1.807) is 14.0 Å². The topological polar surface area (TPSA) is 140 Å². The number of hydrogen-bond donors (Lipinski definition) is 1. The van der Waals surface area contributed by atoms with Crippen LogP contribution < -0.4 is 16.0 Å². The largest absolute Gasteiger partial charge is 0.496 e. The molecule has 5 heterocycles. The Labute approximate surface area is 245 Å².